The number of hydrogen-bond donors (Lipinski definition) is 3. The first-order valence-corrected chi connectivity index (χ1v) is 7.75. The molecule has 0 unspecified atom stereocenters. The number of benzene rings is 2. The summed E-state index contributed by atoms with van der Waals surface area (Å²) >= 11 is 11.9. The molecule has 5 nitrogen and oxygen atoms in total. The maximum Gasteiger partial charge on any atom is 0.411 e. The minimum absolute atomic E-state index is 0.302. The fourth-order valence-corrected chi connectivity index (χ4v) is 2.50. The number of nitrogens with two attached hydrogens (primary N) is 1. The van der Waals surface area contributed by atoms with Crippen molar-refractivity contribution in [2.75, 3.05) is 23.0 Å². The minimum atomic E-state index is -0.529. The number of rotatable bonds is 5. The van der Waals surface area contributed by atoms with Crippen LogP contribution in [0.1, 0.15) is 12.5 Å². The number of amides is 1. The molecule has 0 saturated carbocycles. The van der Waals surface area contributed by atoms with Gasteiger partial charge in [-0.05, 0) is 42.8 Å². The molecule has 0 heterocycles. The lowest BCUT2D eigenvalue weighted by Crippen LogP contribution is -2.14. The third-order valence-electron chi connectivity index (χ3n) is 2.99. The zero-order valence-electron chi connectivity index (χ0n) is 12.5. The Labute approximate surface area is 144 Å². The molecule has 0 aliphatic carbocycles. The highest BCUT2D eigenvalue weighted by Crippen LogP contribution is 2.24. The van der Waals surface area contributed by atoms with E-state index >= 15 is 0 Å². The second kappa shape index (κ2) is 7.94. The standard InChI is InChI=1S/C16H17Cl2N3O2/c1-2-23-16(22)21-15-4-3-10(5-14(15)19)9-20-13-7-11(17)6-12(18)8-13/h3-8,20H,2,9,19H2,1H3,(H,21,22). The summed E-state index contributed by atoms with van der Waals surface area (Å²) in [5, 5.41) is 6.93. The maximum absolute atomic E-state index is 11.4. The fourth-order valence-electron chi connectivity index (χ4n) is 1.97. The molecule has 0 spiro atoms. The van der Waals surface area contributed by atoms with Crippen LogP contribution in [0, 0.1) is 0 Å². The summed E-state index contributed by atoms with van der Waals surface area (Å²) in [6.45, 7) is 2.58. The van der Waals surface area contributed by atoms with E-state index in [0.29, 0.717) is 34.6 Å². The van der Waals surface area contributed by atoms with E-state index in [-0.39, 0.29) is 0 Å². The minimum Gasteiger partial charge on any atom is -0.450 e. The van der Waals surface area contributed by atoms with Crippen LogP contribution in [0.2, 0.25) is 10.0 Å². The molecular formula is C16H17Cl2N3O2. The van der Waals surface area contributed by atoms with Crippen LogP contribution in [-0.2, 0) is 11.3 Å². The van der Waals surface area contributed by atoms with Gasteiger partial charge in [-0.2, -0.15) is 0 Å². The van der Waals surface area contributed by atoms with E-state index in [2.05, 4.69) is 10.6 Å². The molecule has 0 bridgehead atoms. The van der Waals surface area contributed by atoms with Crippen LogP contribution in [0.15, 0.2) is 36.4 Å². The van der Waals surface area contributed by atoms with Gasteiger partial charge in [0.1, 0.15) is 0 Å². The van der Waals surface area contributed by atoms with E-state index in [1.165, 1.54) is 0 Å². The van der Waals surface area contributed by atoms with Gasteiger partial charge in [0.15, 0.2) is 0 Å². The molecule has 0 aliphatic heterocycles. The Hall–Kier alpha value is -2.11. The molecule has 0 aromatic heterocycles. The lowest BCUT2D eigenvalue weighted by atomic mass is 10.1. The molecule has 0 saturated heterocycles. The van der Waals surface area contributed by atoms with Crippen LogP contribution in [0.4, 0.5) is 21.9 Å². The second-order valence-corrected chi connectivity index (χ2v) is 5.65. The quantitative estimate of drug-likeness (QED) is 0.677. The topological polar surface area (TPSA) is 76.4 Å². The van der Waals surface area contributed by atoms with Crippen molar-refractivity contribution in [3.05, 3.63) is 52.0 Å². The van der Waals surface area contributed by atoms with E-state index in [4.69, 9.17) is 33.7 Å². The summed E-state index contributed by atoms with van der Waals surface area (Å²) in [5.41, 5.74) is 8.68. The monoisotopic (exact) mass is 353 g/mol. The molecular weight excluding hydrogens is 337 g/mol. The molecule has 2 aromatic rings. The average Bonchev–Trinajstić information content (AvgIpc) is 2.47. The highest BCUT2D eigenvalue weighted by Gasteiger charge is 2.06. The molecule has 0 radical (unpaired) electrons. The van der Waals surface area contributed by atoms with Gasteiger partial charge < -0.3 is 15.8 Å². The van der Waals surface area contributed by atoms with E-state index in [0.717, 1.165) is 11.3 Å². The number of hydrogen-bond acceptors (Lipinski definition) is 4. The lowest BCUT2D eigenvalue weighted by Gasteiger charge is -2.11. The van der Waals surface area contributed by atoms with E-state index in [9.17, 15) is 4.79 Å². The van der Waals surface area contributed by atoms with Crippen molar-refractivity contribution in [3.8, 4) is 0 Å². The van der Waals surface area contributed by atoms with Crippen LogP contribution in [-0.4, -0.2) is 12.7 Å². The summed E-state index contributed by atoms with van der Waals surface area (Å²) in [5.74, 6) is 0. The van der Waals surface area contributed by atoms with Crippen molar-refractivity contribution >= 4 is 46.4 Å². The number of nitrogens with one attached hydrogen (secondary N) is 2. The van der Waals surface area contributed by atoms with Crippen LogP contribution in [0.25, 0.3) is 0 Å². The van der Waals surface area contributed by atoms with Crippen molar-refractivity contribution in [2.24, 2.45) is 0 Å². The first kappa shape index (κ1) is 17.2. The van der Waals surface area contributed by atoms with Gasteiger partial charge in [0.05, 0.1) is 18.0 Å². The number of carbonyl (C=O) groups excluding carboxylic acids is 1. The molecule has 1 amide bonds. The predicted molar refractivity (Wildman–Crippen MR) is 95.3 cm³/mol. The Kier molecular flexibility index (Phi) is 5.96. The fraction of sp³-hybridized carbons (Fsp3) is 0.188. The van der Waals surface area contributed by atoms with Crippen molar-refractivity contribution in [1.82, 2.24) is 0 Å². The van der Waals surface area contributed by atoms with Gasteiger partial charge in [-0.1, -0.05) is 29.3 Å². The lowest BCUT2D eigenvalue weighted by molar-refractivity contribution is 0.168. The first-order chi connectivity index (χ1) is 11.0. The summed E-state index contributed by atoms with van der Waals surface area (Å²) in [6, 6.07) is 10.6. The number of ether oxygens (including phenoxy) is 1. The van der Waals surface area contributed by atoms with Crippen LogP contribution in [0.5, 0.6) is 0 Å². The molecule has 122 valence electrons. The second-order valence-electron chi connectivity index (χ2n) is 4.78. The highest BCUT2D eigenvalue weighted by molar-refractivity contribution is 6.35. The van der Waals surface area contributed by atoms with Gasteiger partial charge in [0, 0.05) is 22.3 Å². The van der Waals surface area contributed by atoms with E-state index < -0.39 is 6.09 Å². The Bertz CT molecular complexity index is 687. The zero-order chi connectivity index (χ0) is 16.8. The number of halogens is 2. The highest BCUT2D eigenvalue weighted by atomic mass is 35.5. The summed E-state index contributed by atoms with van der Waals surface area (Å²) < 4.78 is 4.82. The van der Waals surface area contributed by atoms with Gasteiger partial charge in [-0.3, -0.25) is 5.32 Å². The first-order valence-electron chi connectivity index (χ1n) is 7.00. The molecule has 2 aromatic carbocycles. The molecule has 23 heavy (non-hydrogen) atoms. The molecule has 4 N–H and O–H groups in total. The van der Waals surface area contributed by atoms with Crippen LogP contribution < -0.4 is 16.4 Å². The van der Waals surface area contributed by atoms with Crippen molar-refractivity contribution in [2.45, 2.75) is 13.5 Å². The normalized spacial score (nSPS) is 10.2. The molecule has 0 atom stereocenters. The Morgan fingerprint density at radius 1 is 1.17 bits per heavy atom. The Morgan fingerprint density at radius 2 is 1.87 bits per heavy atom. The van der Waals surface area contributed by atoms with E-state index in [1.807, 2.05) is 6.07 Å². The zero-order valence-corrected chi connectivity index (χ0v) is 14.0. The Balaban J connectivity index is 2.01. The predicted octanol–water partition coefficient (Wildman–Crippen LogP) is 4.76. The molecule has 0 fully saturated rings. The van der Waals surface area contributed by atoms with Gasteiger partial charge >= 0.3 is 6.09 Å². The summed E-state index contributed by atoms with van der Waals surface area (Å²) in [6.07, 6.45) is -0.529. The van der Waals surface area contributed by atoms with Gasteiger partial charge in [-0.25, -0.2) is 4.79 Å². The number of anilines is 3. The van der Waals surface area contributed by atoms with Crippen molar-refractivity contribution in [1.29, 1.82) is 0 Å². The van der Waals surface area contributed by atoms with Crippen LogP contribution in [0.3, 0.4) is 0 Å². The van der Waals surface area contributed by atoms with Crippen molar-refractivity contribution in [3.63, 3.8) is 0 Å². The average molecular weight is 354 g/mol. The number of carbonyl (C=O) groups is 1. The third-order valence-corrected chi connectivity index (χ3v) is 3.42. The third kappa shape index (κ3) is 5.23. The maximum atomic E-state index is 11.4. The smallest absolute Gasteiger partial charge is 0.411 e. The van der Waals surface area contributed by atoms with Crippen molar-refractivity contribution < 1.29 is 9.53 Å². The molecule has 7 heteroatoms. The van der Waals surface area contributed by atoms with Gasteiger partial charge in [0.25, 0.3) is 0 Å². The molecule has 0 aliphatic rings. The van der Waals surface area contributed by atoms with E-state index in [1.54, 1.807) is 37.3 Å². The summed E-state index contributed by atoms with van der Waals surface area (Å²) in [4.78, 5) is 11.4. The van der Waals surface area contributed by atoms with Gasteiger partial charge in [-0.15, -0.1) is 0 Å². The summed E-state index contributed by atoms with van der Waals surface area (Å²) in [7, 11) is 0. The SMILES string of the molecule is CCOC(=O)Nc1ccc(CNc2cc(Cl)cc(Cl)c2)cc1N. The number of nitrogen functional groups attached to an aromatic ring is 1. The van der Waals surface area contributed by atoms with Crippen LogP contribution >= 0.6 is 23.2 Å². The van der Waals surface area contributed by atoms with Gasteiger partial charge in [0.2, 0.25) is 0 Å². The molecule has 2 rings (SSSR count). The Morgan fingerprint density at radius 3 is 2.48 bits per heavy atom. The largest absolute Gasteiger partial charge is 0.450 e.